The number of rotatable bonds is 7. The molecule has 2 atom stereocenters. The van der Waals surface area contributed by atoms with Gasteiger partial charge in [-0.25, -0.2) is 0 Å². The third-order valence-electron chi connectivity index (χ3n) is 3.73. The van der Waals surface area contributed by atoms with Crippen LogP contribution >= 0.6 is 0 Å². The summed E-state index contributed by atoms with van der Waals surface area (Å²) in [6, 6.07) is 9.04. The molecule has 0 aliphatic rings. The maximum Gasteiger partial charge on any atom is 0.0652 e. The van der Waals surface area contributed by atoms with E-state index in [1.165, 1.54) is 5.56 Å². The Bertz CT molecular complexity index is 371. The van der Waals surface area contributed by atoms with Crippen molar-refractivity contribution in [3.8, 4) is 0 Å². The molecule has 0 spiro atoms. The topological polar surface area (TPSA) is 32.3 Å². The largest absolute Gasteiger partial charge is 0.394 e. The Morgan fingerprint density at radius 1 is 1.16 bits per heavy atom. The lowest BCUT2D eigenvalue weighted by molar-refractivity contribution is 0.162. The number of hydrogen-bond acceptors (Lipinski definition) is 2. The van der Waals surface area contributed by atoms with Crippen LogP contribution in [-0.2, 0) is 12.0 Å². The van der Waals surface area contributed by atoms with E-state index in [4.69, 9.17) is 0 Å². The van der Waals surface area contributed by atoms with Crippen LogP contribution in [0.5, 0.6) is 0 Å². The molecule has 2 nitrogen and oxygen atoms in total. The van der Waals surface area contributed by atoms with Crippen molar-refractivity contribution in [3.05, 3.63) is 35.4 Å². The molecule has 19 heavy (non-hydrogen) atoms. The number of aliphatic hydroxyl groups is 1. The second-order valence-electron chi connectivity index (χ2n) is 6.24. The summed E-state index contributed by atoms with van der Waals surface area (Å²) in [5, 5.41) is 13.3. The highest BCUT2D eigenvalue weighted by Crippen LogP contribution is 2.22. The van der Waals surface area contributed by atoms with Crippen molar-refractivity contribution in [1.82, 2.24) is 5.32 Å². The van der Waals surface area contributed by atoms with Crippen LogP contribution in [-0.4, -0.2) is 17.8 Å². The Hall–Kier alpha value is -0.860. The fourth-order valence-corrected chi connectivity index (χ4v) is 2.35. The van der Waals surface area contributed by atoms with E-state index < -0.39 is 0 Å². The van der Waals surface area contributed by atoms with Gasteiger partial charge in [0, 0.05) is 6.04 Å². The van der Waals surface area contributed by atoms with Crippen molar-refractivity contribution < 1.29 is 5.11 Å². The Morgan fingerprint density at radius 2 is 1.74 bits per heavy atom. The third kappa shape index (κ3) is 4.63. The molecule has 0 aromatic heterocycles. The minimum Gasteiger partial charge on any atom is -0.394 e. The summed E-state index contributed by atoms with van der Waals surface area (Å²) in [5.41, 5.74) is 2.16. The molecule has 0 amide bonds. The predicted octanol–water partition coefficient (Wildman–Crippen LogP) is 3.48. The zero-order valence-electron chi connectivity index (χ0n) is 13.0. The fourth-order valence-electron chi connectivity index (χ4n) is 2.35. The van der Waals surface area contributed by atoms with Crippen LogP contribution in [0.3, 0.4) is 0 Å². The van der Waals surface area contributed by atoms with Gasteiger partial charge in [0.25, 0.3) is 0 Å². The zero-order valence-corrected chi connectivity index (χ0v) is 13.0. The smallest absolute Gasteiger partial charge is 0.0652 e. The molecule has 2 heteroatoms. The third-order valence-corrected chi connectivity index (χ3v) is 3.73. The van der Waals surface area contributed by atoms with Crippen LogP contribution in [0.15, 0.2) is 24.3 Å². The molecule has 108 valence electrons. The average molecular weight is 263 g/mol. The monoisotopic (exact) mass is 263 g/mol. The van der Waals surface area contributed by atoms with Gasteiger partial charge in [0.15, 0.2) is 0 Å². The number of hydrogen-bond donors (Lipinski definition) is 2. The summed E-state index contributed by atoms with van der Waals surface area (Å²) in [7, 11) is 0. The Labute approximate surface area is 118 Å². The van der Waals surface area contributed by atoms with Gasteiger partial charge in [0.1, 0.15) is 0 Å². The molecule has 0 heterocycles. The van der Waals surface area contributed by atoms with Crippen LogP contribution in [0.4, 0.5) is 0 Å². The van der Waals surface area contributed by atoms with Gasteiger partial charge in [-0.15, -0.1) is 0 Å². The molecule has 0 saturated heterocycles. The molecule has 0 aliphatic carbocycles. The van der Waals surface area contributed by atoms with Crippen LogP contribution in [0.1, 0.15) is 52.2 Å². The van der Waals surface area contributed by atoms with E-state index in [9.17, 15) is 5.11 Å². The van der Waals surface area contributed by atoms with Gasteiger partial charge in [-0.1, -0.05) is 45.0 Å². The van der Waals surface area contributed by atoms with Crippen molar-refractivity contribution >= 4 is 0 Å². The van der Waals surface area contributed by atoms with Crippen molar-refractivity contribution in [2.45, 2.75) is 59.0 Å². The standard InChI is InChI=1S/C17H29NO/c1-6-14(4)18-17(5,12-19)16-9-7-15(8-10-16)11-13(2)3/h7-10,13-14,18-19H,6,11-12H2,1-5H3. The minimum absolute atomic E-state index is 0.112. The van der Waals surface area contributed by atoms with E-state index in [1.807, 2.05) is 0 Å². The highest BCUT2D eigenvalue weighted by Gasteiger charge is 2.26. The van der Waals surface area contributed by atoms with E-state index in [0.29, 0.717) is 12.0 Å². The van der Waals surface area contributed by atoms with E-state index in [0.717, 1.165) is 18.4 Å². The van der Waals surface area contributed by atoms with Crippen molar-refractivity contribution in [2.24, 2.45) is 5.92 Å². The maximum absolute atomic E-state index is 9.74. The Kier molecular flexibility index (Phi) is 6.02. The van der Waals surface area contributed by atoms with Gasteiger partial charge in [-0.2, -0.15) is 0 Å². The molecule has 0 saturated carbocycles. The van der Waals surface area contributed by atoms with Gasteiger partial charge in [0.05, 0.1) is 12.1 Å². The highest BCUT2D eigenvalue weighted by molar-refractivity contribution is 5.28. The molecular weight excluding hydrogens is 234 g/mol. The number of nitrogens with one attached hydrogen (secondary N) is 1. The summed E-state index contributed by atoms with van der Waals surface area (Å²) in [6.07, 6.45) is 2.16. The lowest BCUT2D eigenvalue weighted by Crippen LogP contribution is -2.47. The normalized spacial score (nSPS) is 16.4. The Balaban J connectivity index is 2.86. The second kappa shape index (κ2) is 7.06. The van der Waals surface area contributed by atoms with E-state index >= 15 is 0 Å². The first kappa shape index (κ1) is 16.2. The Morgan fingerprint density at radius 3 is 2.16 bits per heavy atom. The maximum atomic E-state index is 9.74. The van der Waals surface area contributed by atoms with Crippen LogP contribution in [0, 0.1) is 5.92 Å². The van der Waals surface area contributed by atoms with Crippen LogP contribution in [0.2, 0.25) is 0 Å². The van der Waals surface area contributed by atoms with Crippen molar-refractivity contribution in [3.63, 3.8) is 0 Å². The zero-order chi connectivity index (χ0) is 14.5. The quantitative estimate of drug-likeness (QED) is 0.789. The van der Waals surface area contributed by atoms with Crippen molar-refractivity contribution in [2.75, 3.05) is 6.61 Å². The first-order valence-corrected chi connectivity index (χ1v) is 7.39. The summed E-state index contributed by atoms with van der Waals surface area (Å²) < 4.78 is 0. The van der Waals surface area contributed by atoms with Gasteiger partial charge < -0.3 is 10.4 Å². The number of benzene rings is 1. The van der Waals surface area contributed by atoms with E-state index in [-0.39, 0.29) is 12.1 Å². The molecule has 2 N–H and O–H groups in total. The first-order chi connectivity index (χ1) is 8.91. The summed E-state index contributed by atoms with van der Waals surface area (Å²) in [4.78, 5) is 0. The van der Waals surface area contributed by atoms with Crippen LogP contribution in [0.25, 0.3) is 0 Å². The second-order valence-corrected chi connectivity index (χ2v) is 6.24. The van der Waals surface area contributed by atoms with Crippen LogP contribution < -0.4 is 5.32 Å². The molecule has 1 rings (SSSR count). The van der Waals surface area contributed by atoms with E-state index in [2.05, 4.69) is 64.2 Å². The highest BCUT2D eigenvalue weighted by atomic mass is 16.3. The molecule has 0 fully saturated rings. The molecule has 0 aliphatic heterocycles. The molecule has 2 unspecified atom stereocenters. The first-order valence-electron chi connectivity index (χ1n) is 7.39. The SMILES string of the molecule is CCC(C)NC(C)(CO)c1ccc(CC(C)C)cc1. The molecule has 1 aromatic carbocycles. The van der Waals surface area contributed by atoms with Gasteiger partial charge in [0.2, 0.25) is 0 Å². The number of aliphatic hydroxyl groups excluding tert-OH is 1. The van der Waals surface area contributed by atoms with E-state index in [1.54, 1.807) is 0 Å². The molecule has 0 radical (unpaired) electrons. The molecular formula is C17H29NO. The lowest BCUT2D eigenvalue weighted by atomic mass is 9.90. The van der Waals surface area contributed by atoms with Gasteiger partial charge in [-0.05, 0) is 43.7 Å². The molecule has 1 aromatic rings. The average Bonchev–Trinajstić information content (AvgIpc) is 2.38. The van der Waals surface area contributed by atoms with Gasteiger partial charge in [-0.3, -0.25) is 0 Å². The fraction of sp³-hybridized carbons (Fsp3) is 0.647. The van der Waals surface area contributed by atoms with Crippen molar-refractivity contribution in [1.29, 1.82) is 0 Å². The summed E-state index contributed by atoms with van der Waals surface area (Å²) in [5.74, 6) is 0.674. The summed E-state index contributed by atoms with van der Waals surface area (Å²) >= 11 is 0. The summed E-state index contributed by atoms with van der Waals surface area (Å²) in [6.45, 7) is 11.0. The minimum atomic E-state index is -0.355. The van der Waals surface area contributed by atoms with Gasteiger partial charge >= 0.3 is 0 Å². The lowest BCUT2D eigenvalue weighted by Gasteiger charge is -2.32. The predicted molar refractivity (Wildman–Crippen MR) is 82.3 cm³/mol. The molecule has 0 bridgehead atoms.